The maximum absolute atomic E-state index is 12.0. The Morgan fingerprint density at radius 2 is 2.12 bits per heavy atom. The van der Waals surface area contributed by atoms with Gasteiger partial charge in [0, 0.05) is 6.54 Å². The first kappa shape index (κ1) is 12.6. The molecule has 0 saturated heterocycles. The van der Waals surface area contributed by atoms with E-state index in [4.69, 9.17) is 0 Å². The third kappa shape index (κ3) is 2.87. The Morgan fingerprint density at radius 3 is 2.88 bits per heavy atom. The quantitative estimate of drug-likeness (QED) is 0.898. The van der Waals surface area contributed by atoms with Crippen LogP contribution in [0, 0.1) is 5.92 Å². The normalized spacial score (nSPS) is 22.8. The van der Waals surface area contributed by atoms with Gasteiger partial charge in [-0.3, -0.25) is 0 Å². The standard InChI is InChI=1S/C13H19NO2S/c1-2-3-6-11-9-12-7-4-5-8-13(12)17(15,16)14-10-11/h4-5,7-8,11,14H,2-3,6,9-10H2,1H3/t11-/m0/s1. The van der Waals surface area contributed by atoms with Crippen molar-refractivity contribution in [3.05, 3.63) is 29.8 Å². The second kappa shape index (κ2) is 5.19. The molecule has 1 aromatic rings. The number of hydrogen-bond donors (Lipinski definition) is 1. The van der Waals surface area contributed by atoms with Crippen molar-refractivity contribution in [3.63, 3.8) is 0 Å². The Hall–Kier alpha value is -0.870. The Labute approximate surface area is 103 Å². The first-order valence-corrected chi connectivity index (χ1v) is 7.69. The monoisotopic (exact) mass is 253 g/mol. The molecule has 2 rings (SSSR count). The third-order valence-corrected chi connectivity index (χ3v) is 4.82. The maximum Gasteiger partial charge on any atom is 0.240 e. The lowest BCUT2D eigenvalue weighted by atomic mass is 9.94. The van der Waals surface area contributed by atoms with Crippen molar-refractivity contribution in [3.8, 4) is 0 Å². The van der Waals surface area contributed by atoms with E-state index in [-0.39, 0.29) is 0 Å². The SMILES string of the molecule is CCCC[C@@H]1CNS(=O)(=O)c2ccccc2C1. The van der Waals surface area contributed by atoms with Crippen LogP contribution < -0.4 is 4.72 Å². The summed E-state index contributed by atoms with van der Waals surface area (Å²) in [6.07, 6.45) is 4.27. The summed E-state index contributed by atoms with van der Waals surface area (Å²) < 4.78 is 26.7. The lowest BCUT2D eigenvalue weighted by molar-refractivity contribution is 0.459. The summed E-state index contributed by atoms with van der Waals surface area (Å²) in [7, 11) is -3.29. The van der Waals surface area contributed by atoms with Crippen LogP contribution in [0.25, 0.3) is 0 Å². The van der Waals surface area contributed by atoms with Crippen LogP contribution in [-0.2, 0) is 16.4 Å². The van der Waals surface area contributed by atoms with Crippen molar-refractivity contribution in [1.82, 2.24) is 4.72 Å². The molecule has 0 aliphatic carbocycles. The molecular formula is C13H19NO2S. The van der Waals surface area contributed by atoms with Crippen molar-refractivity contribution < 1.29 is 8.42 Å². The average molecular weight is 253 g/mol. The molecule has 94 valence electrons. The van der Waals surface area contributed by atoms with Gasteiger partial charge in [0.2, 0.25) is 10.0 Å². The molecule has 1 aromatic carbocycles. The topological polar surface area (TPSA) is 46.2 Å². The zero-order chi connectivity index (χ0) is 12.3. The minimum absolute atomic E-state index is 0.424. The molecule has 1 aliphatic rings. The highest BCUT2D eigenvalue weighted by Gasteiger charge is 2.25. The fraction of sp³-hybridized carbons (Fsp3) is 0.538. The zero-order valence-corrected chi connectivity index (χ0v) is 11.0. The summed E-state index contributed by atoms with van der Waals surface area (Å²) in [5, 5.41) is 0. The highest BCUT2D eigenvalue weighted by molar-refractivity contribution is 7.89. The van der Waals surface area contributed by atoms with Gasteiger partial charge in [-0.2, -0.15) is 0 Å². The van der Waals surface area contributed by atoms with Gasteiger partial charge in [-0.15, -0.1) is 0 Å². The van der Waals surface area contributed by atoms with E-state index in [1.165, 1.54) is 0 Å². The van der Waals surface area contributed by atoms with E-state index in [2.05, 4.69) is 11.6 Å². The summed E-state index contributed by atoms with van der Waals surface area (Å²) in [6.45, 7) is 2.73. The number of fused-ring (bicyclic) bond motifs is 1. The molecule has 1 heterocycles. The van der Waals surface area contributed by atoms with Gasteiger partial charge in [0.25, 0.3) is 0 Å². The van der Waals surface area contributed by atoms with Crippen LogP contribution in [-0.4, -0.2) is 15.0 Å². The number of sulfonamides is 1. The van der Waals surface area contributed by atoms with E-state index in [9.17, 15) is 8.42 Å². The van der Waals surface area contributed by atoms with E-state index in [1.54, 1.807) is 12.1 Å². The lowest BCUT2D eigenvalue weighted by Gasteiger charge is -2.12. The molecule has 0 aromatic heterocycles. The molecule has 17 heavy (non-hydrogen) atoms. The predicted octanol–water partition coefficient (Wildman–Crippen LogP) is 2.33. The van der Waals surface area contributed by atoms with Crippen molar-refractivity contribution >= 4 is 10.0 Å². The summed E-state index contributed by atoms with van der Waals surface area (Å²) in [6, 6.07) is 7.32. The lowest BCUT2D eigenvalue weighted by Crippen LogP contribution is -2.27. The minimum atomic E-state index is -3.29. The van der Waals surface area contributed by atoms with Gasteiger partial charge >= 0.3 is 0 Å². The summed E-state index contributed by atoms with van der Waals surface area (Å²) in [5.74, 6) is 0.424. The number of unbranched alkanes of at least 4 members (excludes halogenated alkanes) is 1. The fourth-order valence-corrected chi connectivity index (χ4v) is 3.68. The van der Waals surface area contributed by atoms with Gasteiger partial charge in [-0.05, 0) is 30.4 Å². The van der Waals surface area contributed by atoms with E-state index in [0.717, 1.165) is 31.2 Å². The summed E-state index contributed by atoms with van der Waals surface area (Å²) in [4.78, 5) is 0.457. The molecule has 0 bridgehead atoms. The van der Waals surface area contributed by atoms with Crippen LogP contribution in [0.3, 0.4) is 0 Å². The molecule has 1 atom stereocenters. The van der Waals surface area contributed by atoms with Crippen LogP contribution in [0.1, 0.15) is 31.7 Å². The van der Waals surface area contributed by atoms with Gasteiger partial charge in [0.05, 0.1) is 4.90 Å². The van der Waals surface area contributed by atoms with Gasteiger partial charge in [-0.1, -0.05) is 38.0 Å². The Morgan fingerprint density at radius 1 is 1.35 bits per heavy atom. The van der Waals surface area contributed by atoms with Gasteiger partial charge in [0.1, 0.15) is 0 Å². The number of rotatable bonds is 3. The van der Waals surface area contributed by atoms with E-state index >= 15 is 0 Å². The Bertz CT molecular complexity index is 482. The van der Waals surface area contributed by atoms with Crippen molar-refractivity contribution in [2.75, 3.05) is 6.54 Å². The van der Waals surface area contributed by atoms with E-state index in [1.807, 2.05) is 12.1 Å². The van der Waals surface area contributed by atoms with Crippen LogP contribution in [0.15, 0.2) is 29.2 Å². The molecule has 0 amide bonds. The van der Waals surface area contributed by atoms with Gasteiger partial charge < -0.3 is 0 Å². The number of nitrogens with one attached hydrogen (secondary N) is 1. The Kier molecular flexibility index (Phi) is 3.84. The largest absolute Gasteiger partial charge is 0.240 e. The van der Waals surface area contributed by atoms with E-state index < -0.39 is 10.0 Å². The molecular weight excluding hydrogens is 234 g/mol. The second-order valence-electron chi connectivity index (χ2n) is 4.67. The molecule has 1 aliphatic heterocycles. The second-order valence-corrected chi connectivity index (χ2v) is 6.41. The predicted molar refractivity (Wildman–Crippen MR) is 68.3 cm³/mol. The van der Waals surface area contributed by atoms with E-state index in [0.29, 0.717) is 17.4 Å². The molecule has 0 saturated carbocycles. The molecule has 0 spiro atoms. The molecule has 1 N–H and O–H groups in total. The molecule has 0 unspecified atom stereocenters. The molecule has 0 radical (unpaired) electrons. The van der Waals surface area contributed by atoms with Gasteiger partial charge in [0.15, 0.2) is 0 Å². The van der Waals surface area contributed by atoms with Crippen molar-refractivity contribution in [2.45, 2.75) is 37.5 Å². The minimum Gasteiger partial charge on any atom is -0.211 e. The van der Waals surface area contributed by atoms with Crippen molar-refractivity contribution in [1.29, 1.82) is 0 Å². The van der Waals surface area contributed by atoms with Crippen LogP contribution in [0.2, 0.25) is 0 Å². The Balaban J connectivity index is 2.27. The number of benzene rings is 1. The smallest absolute Gasteiger partial charge is 0.211 e. The third-order valence-electron chi connectivity index (χ3n) is 3.30. The number of hydrogen-bond acceptors (Lipinski definition) is 2. The van der Waals surface area contributed by atoms with Crippen LogP contribution >= 0.6 is 0 Å². The first-order valence-electron chi connectivity index (χ1n) is 6.21. The average Bonchev–Trinajstić information content (AvgIpc) is 2.45. The highest BCUT2D eigenvalue weighted by Crippen LogP contribution is 2.24. The van der Waals surface area contributed by atoms with Crippen LogP contribution in [0.5, 0.6) is 0 Å². The maximum atomic E-state index is 12.0. The fourth-order valence-electron chi connectivity index (χ4n) is 2.32. The van der Waals surface area contributed by atoms with Gasteiger partial charge in [-0.25, -0.2) is 13.1 Å². The van der Waals surface area contributed by atoms with Crippen molar-refractivity contribution in [2.24, 2.45) is 5.92 Å². The highest BCUT2D eigenvalue weighted by atomic mass is 32.2. The summed E-state index contributed by atoms with van der Waals surface area (Å²) >= 11 is 0. The first-order chi connectivity index (χ1) is 8.13. The molecule has 0 fully saturated rings. The zero-order valence-electron chi connectivity index (χ0n) is 10.1. The summed E-state index contributed by atoms with van der Waals surface area (Å²) in [5.41, 5.74) is 0.957. The molecule has 4 heteroatoms. The van der Waals surface area contributed by atoms with Crippen LogP contribution in [0.4, 0.5) is 0 Å². The molecule has 3 nitrogen and oxygen atoms in total.